The van der Waals surface area contributed by atoms with Crippen molar-refractivity contribution in [2.75, 3.05) is 24.5 Å². The zero-order valence-electron chi connectivity index (χ0n) is 13.0. The molecule has 0 aliphatic carbocycles. The van der Waals surface area contributed by atoms with Crippen LogP contribution in [0.3, 0.4) is 0 Å². The van der Waals surface area contributed by atoms with E-state index in [1.807, 2.05) is 6.20 Å². The topological polar surface area (TPSA) is 31.4 Å². The second kappa shape index (κ2) is 5.43. The molecule has 1 aromatic heterocycles. The van der Waals surface area contributed by atoms with Crippen molar-refractivity contribution in [3.63, 3.8) is 0 Å². The summed E-state index contributed by atoms with van der Waals surface area (Å²) in [5, 5.41) is 3.26. The average molecular weight is 284 g/mol. The lowest BCUT2D eigenvalue weighted by Gasteiger charge is -2.49. The van der Waals surface area contributed by atoms with Crippen molar-refractivity contribution in [1.82, 2.24) is 15.2 Å². The Hall–Kier alpha value is -1.97. The van der Waals surface area contributed by atoms with Crippen LogP contribution >= 0.6 is 0 Å². The van der Waals surface area contributed by atoms with E-state index in [9.17, 15) is 0 Å². The van der Waals surface area contributed by atoms with E-state index in [-0.39, 0.29) is 0 Å². The van der Waals surface area contributed by atoms with Gasteiger partial charge in [0.1, 0.15) is 5.82 Å². The highest BCUT2D eigenvalue weighted by atomic mass is 15.4. The normalized spacial score (nSPS) is 19.8. The predicted octanol–water partition coefficient (Wildman–Crippen LogP) is 2.67. The number of nitrogens with zero attached hydrogens (tertiary/aromatic N) is 3. The number of aromatic nitrogens is 1. The first kappa shape index (κ1) is 14.0. The van der Waals surface area contributed by atoms with Gasteiger partial charge in [-0.15, -0.1) is 0 Å². The van der Waals surface area contributed by atoms with Crippen molar-refractivity contribution in [3.8, 4) is 0 Å². The molecule has 2 fully saturated rings. The fraction of sp³-hybridized carbons (Fsp3) is 0.471. The van der Waals surface area contributed by atoms with Crippen molar-refractivity contribution in [1.29, 1.82) is 0 Å². The van der Waals surface area contributed by atoms with Gasteiger partial charge >= 0.3 is 0 Å². The minimum absolute atomic E-state index is 0.530. The molecule has 4 nitrogen and oxygen atoms in total. The van der Waals surface area contributed by atoms with Gasteiger partial charge in [-0.25, -0.2) is 4.98 Å². The minimum atomic E-state index is 0.530. The van der Waals surface area contributed by atoms with Gasteiger partial charge in [0, 0.05) is 37.9 Å². The molecule has 2 saturated heterocycles. The van der Waals surface area contributed by atoms with E-state index in [1.54, 1.807) is 0 Å². The number of hydrogen-bond donors (Lipinski definition) is 1. The quantitative estimate of drug-likeness (QED) is 0.924. The molecule has 0 radical (unpaired) electrons. The van der Waals surface area contributed by atoms with Crippen LogP contribution in [0, 0.1) is 0 Å². The molecule has 1 aromatic rings. The summed E-state index contributed by atoms with van der Waals surface area (Å²) >= 11 is 0. The molecule has 0 atom stereocenters. The second-order valence-electron chi connectivity index (χ2n) is 6.28. The molecule has 0 spiro atoms. The summed E-state index contributed by atoms with van der Waals surface area (Å²) in [6.45, 7) is 15.6. The third kappa shape index (κ3) is 2.75. The van der Waals surface area contributed by atoms with Gasteiger partial charge in [-0.05, 0) is 23.6 Å². The Morgan fingerprint density at radius 1 is 1.33 bits per heavy atom. The van der Waals surface area contributed by atoms with Crippen LogP contribution in [0.1, 0.15) is 31.7 Å². The van der Waals surface area contributed by atoms with Gasteiger partial charge in [0.2, 0.25) is 0 Å². The molecular formula is C17H24N4. The highest BCUT2D eigenvalue weighted by molar-refractivity contribution is 5.45. The molecule has 4 heteroatoms. The lowest BCUT2D eigenvalue weighted by Crippen LogP contribution is -2.61. The largest absolute Gasteiger partial charge is 0.352 e. The average Bonchev–Trinajstić information content (AvgIpc) is 2.40. The standard InChI is InChI=1S/C17H24N4/c1-12(2)15-5-7-18-17(9-15)20-10-16(11-20)21-8-6-13(3)19-14(21)4/h5,7,9,12,16,19H,3-4,6,8,10-11H2,1-2H3. The molecule has 2 aliphatic rings. The van der Waals surface area contributed by atoms with Gasteiger partial charge in [-0.1, -0.05) is 27.0 Å². The van der Waals surface area contributed by atoms with Crippen LogP contribution in [0.2, 0.25) is 0 Å². The molecule has 0 aromatic carbocycles. The van der Waals surface area contributed by atoms with E-state index >= 15 is 0 Å². The van der Waals surface area contributed by atoms with Gasteiger partial charge < -0.3 is 15.1 Å². The zero-order chi connectivity index (χ0) is 15.0. The van der Waals surface area contributed by atoms with Gasteiger partial charge in [0.25, 0.3) is 0 Å². The van der Waals surface area contributed by atoms with Crippen LogP contribution in [0.15, 0.2) is 43.0 Å². The molecule has 0 saturated carbocycles. The second-order valence-corrected chi connectivity index (χ2v) is 6.28. The third-order valence-electron chi connectivity index (χ3n) is 4.39. The summed E-state index contributed by atoms with van der Waals surface area (Å²) < 4.78 is 0. The van der Waals surface area contributed by atoms with Crippen LogP contribution in [0.4, 0.5) is 5.82 Å². The number of hydrogen-bond acceptors (Lipinski definition) is 4. The third-order valence-corrected chi connectivity index (χ3v) is 4.39. The Morgan fingerprint density at radius 2 is 2.10 bits per heavy atom. The van der Waals surface area contributed by atoms with Crippen molar-refractivity contribution in [2.45, 2.75) is 32.2 Å². The van der Waals surface area contributed by atoms with Gasteiger partial charge in [0.05, 0.1) is 11.9 Å². The first-order chi connectivity index (χ1) is 10.0. The summed E-state index contributed by atoms with van der Waals surface area (Å²) in [5.74, 6) is 2.62. The number of anilines is 1. The predicted molar refractivity (Wildman–Crippen MR) is 87.1 cm³/mol. The molecule has 0 unspecified atom stereocenters. The molecule has 0 amide bonds. The maximum absolute atomic E-state index is 4.51. The fourth-order valence-electron chi connectivity index (χ4n) is 2.94. The highest BCUT2D eigenvalue weighted by Gasteiger charge is 2.34. The molecule has 21 heavy (non-hydrogen) atoms. The maximum Gasteiger partial charge on any atom is 0.128 e. The van der Waals surface area contributed by atoms with Crippen molar-refractivity contribution >= 4 is 5.82 Å². The summed E-state index contributed by atoms with van der Waals surface area (Å²) in [6.07, 6.45) is 2.92. The van der Waals surface area contributed by atoms with E-state index in [0.29, 0.717) is 12.0 Å². The van der Waals surface area contributed by atoms with E-state index in [0.717, 1.165) is 43.4 Å². The lowest BCUT2D eigenvalue weighted by molar-refractivity contribution is 0.191. The lowest BCUT2D eigenvalue weighted by atomic mass is 10.0. The molecule has 3 heterocycles. The summed E-state index contributed by atoms with van der Waals surface area (Å²) in [4.78, 5) is 9.21. The van der Waals surface area contributed by atoms with Crippen molar-refractivity contribution in [2.24, 2.45) is 0 Å². The van der Waals surface area contributed by atoms with Crippen molar-refractivity contribution < 1.29 is 0 Å². The minimum Gasteiger partial charge on any atom is -0.352 e. The Labute approximate surface area is 127 Å². The molecule has 3 rings (SSSR count). The van der Waals surface area contributed by atoms with Crippen LogP contribution in [0.25, 0.3) is 0 Å². The summed E-state index contributed by atoms with van der Waals surface area (Å²) in [6, 6.07) is 4.85. The van der Waals surface area contributed by atoms with E-state index in [4.69, 9.17) is 0 Å². The molecule has 112 valence electrons. The Balaban J connectivity index is 1.62. The number of rotatable bonds is 3. The smallest absolute Gasteiger partial charge is 0.128 e. The maximum atomic E-state index is 4.51. The highest BCUT2D eigenvalue weighted by Crippen LogP contribution is 2.27. The SMILES string of the molecule is C=C1CCN(C2CN(c3cc(C(C)C)ccn3)C2)C(=C)N1. The first-order valence-electron chi connectivity index (χ1n) is 7.66. The van der Waals surface area contributed by atoms with E-state index in [2.05, 4.69) is 59.2 Å². The molecule has 2 aliphatic heterocycles. The molecular weight excluding hydrogens is 260 g/mol. The van der Waals surface area contributed by atoms with Crippen LogP contribution in [-0.4, -0.2) is 35.6 Å². The first-order valence-corrected chi connectivity index (χ1v) is 7.66. The van der Waals surface area contributed by atoms with Crippen LogP contribution < -0.4 is 10.2 Å². The summed E-state index contributed by atoms with van der Waals surface area (Å²) in [7, 11) is 0. The fourth-order valence-corrected chi connectivity index (χ4v) is 2.94. The Bertz CT molecular complexity index is 558. The van der Waals surface area contributed by atoms with E-state index < -0.39 is 0 Å². The Morgan fingerprint density at radius 3 is 2.76 bits per heavy atom. The molecule has 0 bridgehead atoms. The Kier molecular flexibility index (Phi) is 3.62. The van der Waals surface area contributed by atoms with Gasteiger partial charge in [0.15, 0.2) is 0 Å². The van der Waals surface area contributed by atoms with Gasteiger partial charge in [-0.2, -0.15) is 0 Å². The van der Waals surface area contributed by atoms with Crippen LogP contribution in [-0.2, 0) is 0 Å². The zero-order valence-corrected chi connectivity index (χ0v) is 13.0. The number of nitrogens with one attached hydrogen (secondary N) is 1. The number of pyridine rings is 1. The monoisotopic (exact) mass is 284 g/mol. The van der Waals surface area contributed by atoms with Crippen LogP contribution in [0.5, 0.6) is 0 Å². The van der Waals surface area contributed by atoms with Crippen molar-refractivity contribution in [3.05, 3.63) is 48.6 Å². The molecule has 1 N–H and O–H groups in total. The van der Waals surface area contributed by atoms with E-state index in [1.165, 1.54) is 5.56 Å². The van der Waals surface area contributed by atoms with Gasteiger partial charge in [-0.3, -0.25) is 0 Å². The summed E-state index contributed by atoms with van der Waals surface area (Å²) in [5.41, 5.74) is 2.42.